The fraction of sp³-hybridized carbons (Fsp3) is 0.500. The van der Waals surface area contributed by atoms with Crippen molar-refractivity contribution in [2.45, 2.75) is 24.9 Å². The topological polar surface area (TPSA) is 35.9 Å². The molecular weight excluding hydrogens is 307 g/mol. The zero-order valence-corrected chi connectivity index (χ0v) is 12.6. The maximum absolute atomic E-state index is 12.4. The molecule has 0 unspecified atom stereocenters. The van der Waals surface area contributed by atoms with Gasteiger partial charge >= 0.3 is 12.1 Å². The molecule has 2 heterocycles. The van der Waals surface area contributed by atoms with E-state index in [1.807, 2.05) is 30.6 Å². The van der Waals surface area contributed by atoms with Gasteiger partial charge in [0.05, 0.1) is 12.9 Å². The van der Waals surface area contributed by atoms with Crippen LogP contribution in [-0.2, 0) is 4.79 Å². The number of nitrogens with zero attached hydrogens (tertiary/aromatic N) is 3. The summed E-state index contributed by atoms with van der Waals surface area (Å²) in [7, 11) is 0. The molecule has 0 aromatic heterocycles. The molecule has 3 rings (SSSR count). The number of halogens is 3. The molecule has 0 atom stereocenters. The van der Waals surface area contributed by atoms with E-state index in [0.717, 1.165) is 29.2 Å². The fourth-order valence-corrected chi connectivity index (χ4v) is 3.11. The monoisotopic (exact) mass is 325 g/mol. The van der Waals surface area contributed by atoms with Gasteiger partial charge in [-0.15, -0.1) is 0 Å². The van der Waals surface area contributed by atoms with Gasteiger partial charge < -0.3 is 9.80 Å². The Morgan fingerprint density at radius 3 is 2.26 bits per heavy atom. The highest BCUT2D eigenvalue weighted by molar-refractivity contribution is 5.82. The average Bonchev–Trinajstić information content (AvgIpc) is 3.08. The Hall–Kier alpha value is -2.05. The maximum Gasteiger partial charge on any atom is 0.471 e. The number of carbonyl (C=O) groups excluding carboxylic acids is 1. The van der Waals surface area contributed by atoms with Crippen molar-refractivity contribution in [3.8, 4) is 0 Å². The lowest BCUT2D eigenvalue weighted by atomic mass is 9.89. The molecule has 7 heteroatoms. The van der Waals surface area contributed by atoms with E-state index < -0.39 is 12.1 Å². The summed E-state index contributed by atoms with van der Waals surface area (Å²) in [6.07, 6.45) is -1.83. The van der Waals surface area contributed by atoms with Crippen molar-refractivity contribution in [3.63, 3.8) is 0 Å². The van der Waals surface area contributed by atoms with Crippen molar-refractivity contribution in [2.24, 2.45) is 4.99 Å². The van der Waals surface area contributed by atoms with Crippen molar-refractivity contribution in [3.05, 3.63) is 29.8 Å². The first-order chi connectivity index (χ1) is 10.9. The number of hydrogen-bond donors (Lipinski definition) is 0. The Morgan fingerprint density at radius 1 is 1.09 bits per heavy atom. The summed E-state index contributed by atoms with van der Waals surface area (Å²) in [6, 6.07) is 8.07. The van der Waals surface area contributed by atoms with E-state index in [9.17, 15) is 18.0 Å². The normalized spacial score (nSPS) is 19.4. The molecule has 0 bridgehead atoms. The minimum absolute atomic E-state index is 0.156. The second-order valence-corrected chi connectivity index (χ2v) is 5.87. The predicted octanol–water partition coefficient (Wildman–Crippen LogP) is 2.80. The van der Waals surface area contributed by atoms with Gasteiger partial charge in [0.25, 0.3) is 0 Å². The number of carbonyl (C=O) groups is 1. The minimum Gasteiger partial charge on any atom is -0.335 e. The van der Waals surface area contributed by atoms with Crippen LogP contribution in [0.2, 0.25) is 0 Å². The molecule has 23 heavy (non-hydrogen) atoms. The molecule has 1 aromatic rings. The third-order valence-electron chi connectivity index (χ3n) is 4.41. The van der Waals surface area contributed by atoms with Gasteiger partial charge in [0, 0.05) is 25.3 Å². The SMILES string of the molecule is O=C(N1CCC(c2ccc(N3C=NCC3)cc2)CC1)C(F)(F)F. The van der Waals surface area contributed by atoms with Gasteiger partial charge in [-0.25, -0.2) is 0 Å². The summed E-state index contributed by atoms with van der Waals surface area (Å²) in [4.78, 5) is 18.4. The van der Waals surface area contributed by atoms with E-state index in [1.165, 1.54) is 0 Å². The van der Waals surface area contributed by atoms with Gasteiger partial charge in [-0.2, -0.15) is 13.2 Å². The van der Waals surface area contributed by atoms with E-state index >= 15 is 0 Å². The van der Waals surface area contributed by atoms with E-state index in [-0.39, 0.29) is 19.0 Å². The van der Waals surface area contributed by atoms with Crippen molar-refractivity contribution in [1.82, 2.24) is 4.90 Å². The van der Waals surface area contributed by atoms with Crippen LogP contribution in [0.3, 0.4) is 0 Å². The number of likely N-dealkylation sites (tertiary alicyclic amines) is 1. The van der Waals surface area contributed by atoms with Gasteiger partial charge in [-0.05, 0) is 36.5 Å². The zero-order valence-electron chi connectivity index (χ0n) is 12.6. The molecular formula is C16H18F3N3O. The van der Waals surface area contributed by atoms with Crippen LogP contribution in [0.1, 0.15) is 24.3 Å². The Bertz CT molecular complexity index is 590. The molecule has 2 aliphatic heterocycles. The number of aliphatic imine (C=N–C) groups is 1. The number of amides is 1. The Kier molecular flexibility index (Phi) is 4.28. The second kappa shape index (κ2) is 6.22. The molecule has 2 aliphatic rings. The number of anilines is 1. The van der Waals surface area contributed by atoms with Gasteiger partial charge in [-0.3, -0.25) is 9.79 Å². The highest BCUT2D eigenvalue weighted by Crippen LogP contribution is 2.31. The summed E-state index contributed by atoms with van der Waals surface area (Å²) in [6.45, 7) is 1.98. The molecule has 0 radical (unpaired) electrons. The number of alkyl halides is 3. The largest absolute Gasteiger partial charge is 0.471 e. The number of benzene rings is 1. The summed E-state index contributed by atoms with van der Waals surface area (Å²) in [5.41, 5.74) is 2.18. The van der Waals surface area contributed by atoms with E-state index in [1.54, 1.807) is 0 Å². The highest BCUT2D eigenvalue weighted by atomic mass is 19.4. The van der Waals surface area contributed by atoms with Crippen LogP contribution in [0, 0.1) is 0 Å². The first kappa shape index (κ1) is 15.8. The highest BCUT2D eigenvalue weighted by Gasteiger charge is 2.43. The lowest BCUT2D eigenvalue weighted by molar-refractivity contribution is -0.186. The molecule has 124 valence electrons. The molecule has 1 saturated heterocycles. The first-order valence-electron chi connectivity index (χ1n) is 7.68. The Morgan fingerprint density at radius 2 is 1.74 bits per heavy atom. The lowest BCUT2D eigenvalue weighted by Crippen LogP contribution is -2.45. The van der Waals surface area contributed by atoms with Crippen LogP contribution in [0.5, 0.6) is 0 Å². The average molecular weight is 325 g/mol. The smallest absolute Gasteiger partial charge is 0.335 e. The second-order valence-electron chi connectivity index (χ2n) is 5.87. The van der Waals surface area contributed by atoms with Crippen molar-refractivity contribution in [1.29, 1.82) is 0 Å². The van der Waals surface area contributed by atoms with Crippen LogP contribution in [0.15, 0.2) is 29.3 Å². The summed E-state index contributed by atoms with van der Waals surface area (Å²) in [5, 5.41) is 0. The molecule has 0 saturated carbocycles. The van der Waals surface area contributed by atoms with Gasteiger partial charge in [0.1, 0.15) is 0 Å². The molecule has 0 aliphatic carbocycles. The zero-order chi connectivity index (χ0) is 16.4. The standard InChI is InChI=1S/C16H18F3N3O/c17-16(18,19)15(23)21-8-5-13(6-9-21)12-1-3-14(4-2-12)22-10-7-20-11-22/h1-4,11,13H,5-10H2. The Balaban J connectivity index is 1.59. The third kappa shape index (κ3) is 3.48. The number of piperidine rings is 1. The molecule has 1 aromatic carbocycles. The molecule has 4 nitrogen and oxygen atoms in total. The van der Waals surface area contributed by atoms with Gasteiger partial charge in [0.15, 0.2) is 0 Å². The van der Waals surface area contributed by atoms with Crippen molar-refractivity contribution >= 4 is 17.9 Å². The number of rotatable bonds is 2. The van der Waals surface area contributed by atoms with Crippen LogP contribution in [-0.4, -0.2) is 49.5 Å². The molecule has 1 fully saturated rings. The van der Waals surface area contributed by atoms with Crippen LogP contribution >= 0.6 is 0 Å². The first-order valence-corrected chi connectivity index (χ1v) is 7.68. The third-order valence-corrected chi connectivity index (χ3v) is 4.41. The fourth-order valence-electron chi connectivity index (χ4n) is 3.11. The van der Waals surface area contributed by atoms with Gasteiger partial charge in [-0.1, -0.05) is 12.1 Å². The van der Waals surface area contributed by atoms with Crippen LogP contribution in [0.25, 0.3) is 0 Å². The van der Waals surface area contributed by atoms with E-state index in [0.29, 0.717) is 12.8 Å². The summed E-state index contributed by atoms with van der Waals surface area (Å²) >= 11 is 0. The molecule has 0 N–H and O–H groups in total. The minimum atomic E-state index is -4.77. The maximum atomic E-state index is 12.4. The van der Waals surface area contributed by atoms with Crippen LogP contribution in [0.4, 0.5) is 18.9 Å². The van der Waals surface area contributed by atoms with Crippen molar-refractivity contribution < 1.29 is 18.0 Å². The quantitative estimate of drug-likeness (QED) is 0.838. The summed E-state index contributed by atoms with van der Waals surface area (Å²) < 4.78 is 37.3. The lowest BCUT2D eigenvalue weighted by Gasteiger charge is -2.32. The van der Waals surface area contributed by atoms with Gasteiger partial charge in [0.2, 0.25) is 0 Å². The molecule has 0 spiro atoms. The van der Waals surface area contributed by atoms with Crippen LogP contribution < -0.4 is 4.90 Å². The van der Waals surface area contributed by atoms with E-state index in [2.05, 4.69) is 9.89 Å². The summed E-state index contributed by atoms with van der Waals surface area (Å²) in [5.74, 6) is -1.52. The molecule has 1 amide bonds. The van der Waals surface area contributed by atoms with E-state index in [4.69, 9.17) is 0 Å². The predicted molar refractivity (Wildman–Crippen MR) is 81.8 cm³/mol. The Labute approximate surface area is 132 Å². The number of hydrogen-bond acceptors (Lipinski definition) is 3. The van der Waals surface area contributed by atoms with Crippen molar-refractivity contribution in [2.75, 3.05) is 31.1 Å².